The molecule has 0 saturated heterocycles. The molecular weight excluding hydrogens is 358 g/mol. The summed E-state index contributed by atoms with van der Waals surface area (Å²) in [4.78, 5) is 22.7. The topological polar surface area (TPSA) is 89.7 Å². The fourth-order valence-corrected chi connectivity index (χ4v) is 2.99. The second kappa shape index (κ2) is 7.92. The molecule has 0 radical (unpaired) electrons. The summed E-state index contributed by atoms with van der Waals surface area (Å²) < 4.78 is 5.08. The van der Waals surface area contributed by atoms with Gasteiger partial charge in [0, 0.05) is 17.7 Å². The van der Waals surface area contributed by atoms with E-state index in [1.807, 2.05) is 13.0 Å². The summed E-state index contributed by atoms with van der Waals surface area (Å²) in [5, 5.41) is 21.3. The maximum absolute atomic E-state index is 12.2. The Kier molecular flexibility index (Phi) is 5.40. The highest BCUT2D eigenvalue weighted by Gasteiger charge is 2.16. The van der Waals surface area contributed by atoms with Crippen LogP contribution in [0.15, 0.2) is 60.7 Å². The Morgan fingerprint density at radius 1 is 1.00 bits per heavy atom. The van der Waals surface area contributed by atoms with Crippen LogP contribution in [0.5, 0.6) is 5.75 Å². The summed E-state index contributed by atoms with van der Waals surface area (Å²) in [6.45, 7) is 3.90. The lowest BCUT2D eigenvalue weighted by Gasteiger charge is -2.14. The summed E-state index contributed by atoms with van der Waals surface area (Å²) in [5.74, 6) is -0.374. The molecule has 0 aliphatic heterocycles. The van der Waals surface area contributed by atoms with Gasteiger partial charge in [0.2, 0.25) is 0 Å². The number of nitrogens with zero attached hydrogens (tertiary/aromatic N) is 1. The number of benzene rings is 3. The number of nitro groups is 1. The second-order valence-electron chi connectivity index (χ2n) is 6.31. The third-order valence-corrected chi connectivity index (χ3v) is 4.36. The highest BCUT2D eigenvalue weighted by molar-refractivity contribution is 5.95. The van der Waals surface area contributed by atoms with Gasteiger partial charge in [-0.25, -0.2) is 4.79 Å². The molecule has 0 bridgehead atoms. The van der Waals surface area contributed by atoms with Crippen molar-refractivity contribution in [2.24, 2.45) is 0 Å². The minimum Gasteiger partial charge on any atom is -0.507 e. The Morgan fingerprint density at radius 3 is 2.36 bits per heavy atom. The molecular formula is C22H19NO5. The van der Waals surface area contributed by atoms with Crippen molar-refractivity contribution < 1.29 is 19.6 Å². The largest absolute Gasteiger partial charge is 0.507 e. The number of carbonyl (C=O) groups is 1. The molecule has 28 heavy (non-hydrogen) atoms. The van der Waals surface area contributed by atoms with Crippen LogP contribution in [0.4, 0.5) is 5.69 Å². The van der Waals surface area contributed by atoms with Gasteiger partial charge in [0.05, 0.1) is 17.1 Å². The maximum Gasteiger partial charge on any atom is 0.338 e. The fourth-order valence-electron chi connectivity index (χ4n) is 2.99. The van der Waals surface area contributed by atoms with Gasteiger partial charge in [0.25, 0.3) is 5.69 Å². The number of hydrogen-bond acceptors (Lipinski definition) is 5. The Labute approximate surface area is 162 Å². The van der Waals surface area contributed by atoms with Crippen LogP contribution in [0.25, 0.3) is 22.3 Å². The van der Waals surface area contributed by atoms with E-state index in [1.54, 1.807) is 49.4 Å². The van der Waals surface area contributed by atoms with Gasteiger partial charge in [-0.3, -0.25) is 10.1 Å². The number of non-ortho nitro benzene ring substituents is 1. The predicted molar refractivity (Wildman–Crippen MR) is 106 cm³/mol. The average Bonchev–Trinajstić information content (AvgIpc) is 2.69. The molecule has 6 heteroatoms. The van der Waals surface area contributed by atoms with Crippen molar-refractivity contribution in [3.63, 3.8) is 0 Å². The van der Waals surface area contributed by atoms with E-state index in [4.69, 9.17) is 4.74 Å². The smallest absolute Gasteiger partial charge is 0.338 e. The number of aryl methyl sites for hydroxylation is 1. The Balaban J connectivity index is 2.20. The minimum atomic E-state index is -0.457. The minimum absolute atomic E-state index is 0.00755. The molecule has 0 fully saturated rings. The number of hydrogen-bond donors (Lipinski definition) is 1. The van der Waals surface area contributed by atoms with E-state index in [2.05, 4.69) is 0 Å². The molecule has 3 rings (SSSR count). The van der Waals surface area contributed by atoms with Crippen molar-refractivity contribution >= 4 is 11.7 Å². The van der Waals surface area contributed by atoms with Crippen LogP contribution in [0.3, 0.4) is 0 Å². The molecule has 6 nitrogen and oxygen atoms in total. The number of phenols is 1. The lowest BCUT2D eigenvalue weighted by atomic mass is 9.91. The number of rotatable bonds is 5. The third-order valence-electron chi connectivity index (χ3n) is 4.36. The fraction of sp³-hybridized carbons (Fsp3) is 0.136. The molecule has 0 amide bonds. The van der Waals surface area contributed by atoms with Crippen LogP contribution >= 0.6 is 0 Å². The van der Waals surface area contributed by atoms with E-state index in [0.717, 1.165) is 16.7 Å². The standard InChI is InChI=1S/C22H19NO5/c1-3-28-22(25)16-7-10-18(15-5-8-17(9-6-15)23(26)27)19(13-16)20-12-14(2)4-11-21(20)24/h4-13,24H,3H2,1-2H3. The zero-order valence-corrected chi connectivity index (χ0v) is 15.5. The van der Waals surface area contributed by atoms with Crippen LogP contribution in [0.1, 0.15) is 22.8 Å². The van der Waals surface area contributed by atoms with Gasteiger partial charge in [-0.2, -0.15) is 0 Å². The molecule has 3 aromatic carbocycles. The first-order valence-corrected chi connectivity index (χ1v) is 8.76. The predicted octanol–water partition coefficient (Wildman–Crippen LogP) is 5.12. The van der Waals surface area contributed by atoms with Gasteiger partial charge in [-0.05, 0) is 66.9 Å². The van der Waals surface area contributed by atoms with Gasteiger partial charge >= 0.3 is 5.97 Å². The molecule has 0 spiro atoms. The van der Waals surface area contributed by atoms with Crippen molar-refractivity contribution in [1.29, 1.82) is 0 Å². The monoisotopic (exact) mass is 377 g/mol. The Bertz CT molecular complexity index is 1040. The van der Waals surface area contributed by atoms with Crippen molar-refractivity contribution in [2.45, 2.75) is 13.8 Å². The zero-order valence-electron chi connectivity index (χ0n) is 15.5. The number of aromatic hydroxyl groups is 1. The SMILES string of the molecule is CCOC(=O)c1ccc(-c2ccc([N+](=O)[O-])cc2)c(-c2cc(C)ccc2O)c1. The average molecular weight is 377 g/mol. The molecule has 142 valence electrons. The normalized spacial score (nSPS) is 10.5. The number of phenolic OH excluding ortho intramolecular Hbond substituents is 1. The van der Waals surface area contributed by atoms with Crippen molar-refractivity contribution in [3.8, 4) is 28.0 Å². The lowest BCUT2D eigenvalue weighted by molar-refractivity contribution is -0.384. The molecule has 0 aromatic heterocycles. The Morgan fingerprint density at radius 2 is 1.71 bits per heavy atom. The second-order valence-corrected chi connectivity index (χ2v) is 6.31. The molecule has 0 unspecified atom stereocenters. The van der Waals surface area contributed by atoms with Crippen LogP contribution < -0.4 is 0 Å². The van der Waals surface area contributed by atoms with Gasteiger partial charge in [0.1, 0.15) is 5.75 Å². The van der Waals surface area contributed by atoms with Gasteiger partial charge in [-0.1, -0.05) is 17.7 Å². The molecule has 0 aliphatic rings. The molecule has 3 aromatic rings. The molecule has 1 N–H and O–H groups in total. The molecule has 0 saturated carbocycles. The summed E-state index contributed by atoms with van der Waals surface area (Å²) in [5.41, 5.74) is 3.99. The Hall–Kier alpha value is -3.67. The van der Waals surface area contributed by atoms with E-state index >= 15 is 0 Å². The van der Waals surface area contributed by atoms with Crippen molar-refractivity contribution in [1.82, 2.24) is 0 Å². The van der Waals surface area contributed by atoms with E-state index in [-0.39, 0.29) is 18.0 Å². The van der Waals surface area contributed by atoms with Crippen LogP contribution in [0, 0.1) is 17.0 Å². The van der Waals surface area contributed by atoms with Gasteiger partial charge < -0.3 is 9.84 Å². The van der Waals surface area contributed by atoms with Crippen molar-refractivity contribution in [2.75, 3.05) is 6.61 Å². The lowest BCUT2D eigenvalue weighted by Crippen LogP contribution is -2.05. The third kappa shape index (κ3) is 3.86. The highest BCUT2D eigenvalue weighted by atomic mass is 16.6. The van der Waals surface area contributed by atoms with Crippen LogP contribution in [-0.4, -0.2) is 22.6 Å². The summed E-state index contributed by atoms with van der Waals surface area (Å²) in [6, 6.07) is 16.4. The number of carbonyl (C=O) groups excluding carboxylic acids is 1. The van der Waals surface area contributed by atoms with Crippen molar-refractivity contribution in [3.05, 3.63) is 81.9 Å². The van der Waals surface area contributed by atoms with E-state index in [0.29, 0.717) is 16.7 Å². The first-order valence-electron chi connectivity index (χ1n) is 8.76. The quantitative estimate of drug-likeness (QED) is 0.379. The highest BCUT2D eigenvalue weighted by Crippen LogP contribution is 2.38. The maximum atomic E-state index is 12.2. The first-order chi connectivity index (χ1) is 13.4. The number of nitro benzene ring substituents is 1. The first kappa shape index (κ1) is 19.1. The number of ether oxygens (including phenoxy) is 1. The van der Waals surface area contributed by atoms with Gasteiger partial charge in [0.15, 0.2) is 0 Å². The van der Waals surface area contributed by atoms with Crippen LogP contribution in [-0.2, 0) is 4.74 Å². The van der Waals surface area contributed by atoms with E-state index in [9.17, 15) is 20.0 Å². The molecule has 0 aliphatic carbocycles. The summed E-state index contributed by atoms with van der Waals surface area (Å²) in [7, 11) is 0. The van der Waals surface area contributed by atoms with E-state index < -0.39 is 10.9 Å². The summed E-state index contributed by atoms with van der Waals surface area (Å²) in [6.07, 6.45) is 0. The van der Waals surface area contributed by atoms with Crippen LogP contribution in [0.2, 0.25) is 0 Å². The molecule has 0 heterocycles. The number of esters is 1. The zero-order chi connectivity index (χ0) is 20.3. The summed E-state index contributed by atoms with van der Waals surface area (Å²) >= 11 is 0. The molecule has 0 atom stereocenters. The van der Waals surface area contributed by atoms with E-state index in [1.165, 1.54) is 12.1 Å². The van der Waals surface area contributed by atoms with Gasteiger partial charge in [-0.15, -0.1) is 0 Å².